The summed E-state index contributed by atoms with van der Waals surface area (Å²) in [7, 11) is 0. The lowest BCUT2D eigenvalue weighted by atomic mass is 10.1. The molecule has 0 aliphatic rings. The van der Waals surface area contributed by atoms with Crippen LogP contribution >= 0.6 is 15.9 Å². The van der Waals surface area contributed by atoms with Crippen molar-refractivity contribution in [2.24, 2.45) is 0 Å². The summed E-state index contributed by atoms with van der Waals surface area (Å²) in [6.45, 7) is 1.57. The zero-order valence-corrected chi connectivity index (χ0v) is 11.3. The minimum atomic E-state index is -0.786. The molecule has 1 atom stereocenters. The molecule has 0 amide bonds. The Bertz CT molecular complexity index is 538. The number of hydrogen-bond acceptors (Lipinski definition) is 2. The molecule has 18 heavy (non-hydrogen) atoms. The minimum absolute atomic E-state index is 0.394. The Morgan fingerprint density at radius 2 is 1.83 bits per heavy atom. The van der Waals surface area contributed by atoms with Crippen molar-refractivity contribution >= 4 is 15.9 Å². The Kier molecular flexibility index (Phi) is 3.99. The first kappa shape index (κ1) is 13.1. The van der Waals surface area contributed by atoms with Crippen LogP contribution in [-0.4, -0.2) is 5.11 Å². The van der Waals surface area contributed by atoms with E-state index in [4.69, 9.17) is 4.74 Å². The van der Waals surface area contributed by atoms with Crippen molar-refractivity contribution < 1.29 is 14.2 Å². The Morgan fingerprint density at radius 1 is 1.17 bits per heavy atom. The molecule has 0 fully saturated rings. The van der Waals surface area contributed by atoms with Crippen molar-refractivity contribution in [1.29, 1.82) is 0 Å². The van der Waals surface area contributed by atoms with Crippen molar-refractivity contribution in [2.75, 3.05) is 0 Å². The van der Waals surface area contributed by atoms with E-state index >= 15 is 0 Å². The van der Waals surface area contributed by atoms with Gasteiger partial charge >= 0.3 is 0 Å². The van der Waals surface area contributed by atoms with Crippen LogP contribution in [0.3, 0.4) is 0 Å². The Morgan fingerprint density at radius 3 is 2.44 bits per heavy atom. The van der Waals surface area contributed by atoms with Gasteiger partial charge in [-0.05, 0) is 49.4 Å². The van der Waals surface area contributed by atoms with E-state index < -0.39 is 11.9 Å². The predicted octanol–water partition coefficient (Wildman–Crippen LogP) is 4.43. The van der Waals surface area contributed by atoms with E-state index in [9.17, 15) is 9.50 Å². The van der Waals surface area contributed by atoms with E-state index in [2.05, 4.69) is 15.9 Å². The Balaban J connectivity index is 2.31. The SMILES string of the molecule is CC(O)c1cc(F)ccc1Oc1ccc(Br)cc1. The molecule has 0 saturated carbocycles. The fraction of sp³-hybridized carbons (Fsp3) is 0.143. The van der Waals surface area contributed by atoms with E-state index in [1.54, 1.807) is 19.1 Å². The molecule has 1 unspecified atom stereocenters. The van der Waals surface area contributed by atoms with Crippen LogP contribution in [0.4, 0.5) is 4.39 Å². The predicted molar refractivity (Wildman–Crippen MR) is 71.2 cm³/mol. The summed E-state index contributed by atoms with van der Waals surface area (Å²) in [4.78, 5) is 0. The van der Waals surface area contributed by atoms with Crippen LogP contribution in [0.5, 0.6) is 11.5 Å². The van der Waals surface area contributed by atoms with Gasteiger partial charge in [0.2, 0.25) is 0 Å². The number of hydrogen-bond donors (Lipinski definition) is 1. The lowest BCUT2D eigenvalue weighted by Crippen LogP contribution is -1.97. The summed E-state index contributed by atoms with van der Waals surface area (Å²) in [5, 5.41) is 9.60. The number of halogens is 2. The minimum Gasteiger partial charge on any atom is -0.457 e. The molecule has 0 saturated heterocycles. The van der Waals surface area contributed by atoms with Crippen molar-refractivity contribution in [2.45, 2.75) is 13.0 Å². The molecule has 2 aromatic carbocycles. The van der Waals surface area contributed by atoms with E-state index in [1.807, 2.05) is 12.1 Å². The zero-order chi connectivity index (χ0) is 13.1. The normalized spacial score (nSPS) is 12.2. The monoisotopic (exact) mass is 310 g/mol. The second kappa shape index (κ2) is 5.50. The molecular weight excluding hydrogens is 299 g/mol. The summed E-state index contributed by atoms with van der Waals surface area (Å²) in [5.74, 6) is 0.689. The van der Waals surface area contributed by atoms with Crippen LogP contribution in [0.1, 0.15) is 18.6 Å². The maximum Gasteiger partial charge on any atom is 0.133 e. The molecule has 0 aromatic heterocycles. The molecular formula is C14H12BrFO2. The van der Waals surface area contributed by atoms with Gasteiger partial charge in [-0.15, -0.1) is 0 Å². The van der Waals surface area contributed by atoms with Gasteiger partial charge < -0.3 is 9.84 Å². The highest BCUT2D eigenvalue weighted by Gasteiger charge is 2.11. The van der Waals surface area contributed by atoms with Gasteiger partial charge in [0, 0.05) is 10.0 Å². The van der Waals surface area contributed by atoms with Gasteiger partial charge in [0.1, 0.15) is 17.3 Å². The van der Waals surface area contributed by atoms with Crippen molar-refractivity contribution in [3.63, 3.8) is 0 Å². The van der Waals surface area contributed by atoms with E-state index in [0.717, 1.165) is 4.47 Å². The van der Waals surface area contributed by atoms with E-state index in [0.29, 0.717) is 17.1 Å². The number of rotatable bonds is 3. The molecule has 2 rings (SSSR count). The highest BCUT2D eigenvalue weighted by atomic mass is 79.9. The third-order valence-electron chi connectivity index (χ3n) is 2.46. The van der Waals surface area contributed by atoms with Crippen LogP contribution in [-0.2, 0) is 0 Å². The maximum atomic E-state index is 13.1. The molecule has 0 aliphatic carbocycles. The molecule has 0 bridgehead atoms. The molecule has 2 nitrogen and oxygen atoms in total. The molecule has 2 aromatic rings. The van der Waals surface area contributed by atoms with Crippen LogP contribution in [0, 0.1) is 5.82 Å². The first-order valence-corrected chi connectivity index (χ1v) is 6.26. The maximum absolute atomic E-state index is 13.1. The molecule has 94 valence electrons. The van der Waals surface area contributed by atoms with Gasteiger partial charge in [-0.1, -0.05) is 15.9 Å². The summed E-state index contributed by atoms with van der Waals surface area (Å²) in [6, 6.07) is 11.4. The van der Waals surface area contributed by atoms with Gasteiger partial charge in [-0.2, -0.15) is 0 Å². The van der Waals surface area contributed by atoms with Crippen LogP contribution in [0.2, 0.25) is 0 Å². The molecule has 0 radical (unpaired) electrons. The van der Waals surface area contributed by atoms with Gasteiger partial charge in [-0.25, -0.2) is 4.39 Å². The van der Waals surface area contributed by atoms with Crippen LogP contribution in [0.15, 0.2) is 46.9 Å². The summed E-state index contributed by atoms with van der Waals surface area (Å²) < 4.78 is 19.7. The fourth-order valence-electron chi connectivity index (χ4n) is 1.57. The molecule has 0 aliphatic heterocycles. The third kappa shape index (κ3) is 3.09. The Hall–Kier alpha value is -1.39. The zero-order valence-electron chi connectivity index (χ0n) is 9.73. The molecule has 1 N–H and O–H groups in total. The number of aliphatic hydroxyl groups excluding tert-OH is 1. The van der Waals surface area contributed by atoms with Gasteiger partial charge in [0.05, 0.1) is 6.10 Å². The summed E-state index contributed by atoms with van der Waals surface area (Å²) in [5.41, 5.74) is 0.429. The standard InChI is InChI=1S/C14H12BrFO2/c1-9(17)13-8-11(16)4-7-14(13)18-12-5-2-10(15)3-6-12/h2-9,17H,1H3. The second-order valence-electron chi connectivity index (χ2n) is 3.91. The average molecular weight is 311 g/mol. The highest BCUT2D eigenvalue weighted by Crippen LogP contribution is 2.30. The number of aliphatic hydroxyl groups is 1. The molecule has 0 heterocycles. The van der Waals surface area contributed by atoms with Gasteiger partial charge in [0.25, 0.3) is 0 Å². The lowest BCUT2D eigenvalue weighted by molar-refractivity contribution is 0.195. The van der Waals surface area contributed by atoms with Gasteiger partial charge in [-0.3, -0.25) is 0 Å². The average Bonchev–Trinajstić information content (AvgIpc) is 2.34. The van der Waals surface area contributed by atoms with Gasteiger partial charge in [0.15, 0.2) is 0 Å². The van der Waals surface area contributed by atoms with Crippen LogP contribution < -0.4 is 4.74 Å². The highest BCUT2D eigenvalue weighted by molar-refractivity contribution is 9.10. The first-order valence-electron chi connectivity index (χ1n) is 5.47. The first-order chi connectivity index (χ1) is 8.56. The van der Waals surface area contributed by atoms with E-state index in [-0.39, 0.29) is 0 Å². The van der Waals surface area contributed by atoms with Crippen molar-refractivity contribution in [1.82, 2.24) is 0 Å². The number of ether oxygens (including phenoxy) is 1. The molecule has 0 spiro atoms. The largest absolute Gasteiger partial charge is 0.457 e. The summed E-state index contributed by atoms with van der Waals surface area (Å²) in [6.07, 6.45) is -0.786. The lowest BCUT2D eigenvalue weighted by Gasteiger charge is -2.13. The van der Waals surface area contributed by atoms with Crippen molar-refractivity contribution in [3.05, 3.63) is 58.3 Å². The fourth-order valence-corrected chi connectivity index (χ4v) is 1.83. The summed E-state index contributed by atoms with van der Waals surface area (Å²) >= 11 is 3.33. The number of benzene rings is 2. The second-order valence-corrected chi connectivity index (χ2v) is 4.83. The molecule has 4 heteroatoms. The van der Waals surface area contributed by atoms with Crippen molar-refractivity contribution in [3.8, 4) is 11.5 Å². The third-order valence-corrected chi connectivity index (χ3v) is 2.99. The smallest absolute Gasteiger partial charge is 0.133 e. The van der Waals surface area contributed by atoms with Crippen LogP contribution in [0.25, 0.3) is 0 Å². The topological polar surface area (TPSA) is 29.5 Å². The Labute approximate surface area is 113 Å². The quantitative estimate of drug-likeness (QED) is 0.908. The van der Waals surface area contributed by atoms with E-state index in [1.165, 1.54) is 18.2 Å².